The molecule has 100 valence electrons. The van der Waals surface area contributed by atoms with Crippen LogP contribution in [0.3, 0.4) is 0 Å². The van der Waals surface area contributed by atoms with Gasteiger partial charge in [-0.05, 0) is 41.1 Å². The Morgan fingerprint density at radius 3 is 2.84 bits per heavy atom. The summed E-state index contributed by atoms with van der Waals surface area (Å²) < 4.78 is 1.09. The molecule has 0 unspecified atom stereocenters. The number of nitrogens with one attached hydrogen (secondary N) is 1. The Labute approximate surface area is 124 Å². The molecule has 0 bridgehead atoms. The number of halogens is 1. The number of anilines is 1. The number of hydrogen-bond acceptors (Lipinski definition) is 4. The van der Waals surface area contributed by atoms with Gasteiger partial charge in [-0.1, -0.05) is 0 Å². The summed E-state index contributed by atoms with van der Waals surface area (Å²) in [5.74, 6) is 0.790. The number of nitrogens with two attached hydrogens (primary N) is 1. The topological polar surface area (TPSA) is 66.0 Å². The van der Waals surface area contributed by atoms with E-state index in [1.807, 2.05) is 31.0 Å². The van der Waals surface area contributed by atoms with Crippen LogP contribution < -0.4 is 10.6 Å². The number of nitrogen functional groups attached to an aromatic ring is 1. The maximum absolute atomic E-state index is 7.63. The Hall–Kier alpha value is -1.40. The Morgan fingerprint density at radius 1 is 1.53 bits per heavy atom. The van der Waals surface area contributed by atoms with E-state index in [4.69, 9.17) is 11.1 Å². The van der Waals surface area contributed by atoms with Gasteiger partial charge in [-0.15, -0.1) is 11.3 Å². The molecule has 2 heterocycles. The van der Waals surface area contributed by atoms with Crippen LogP contribution in [0, 0.1) is 12.3 Å². The number of hydrogen-bond donors (Lipinski definition) is 2. The molecule has 0 aromatic carbocycles. The van der Waals surface area contributed by atoms with E-state index >= 15 is 0 Å². The molecule has 4 nitrogen and oxygen atoms in total. The van der Waals surface area contributed by atoms with Crippen LogP contribution >= 0.6 is 27.3 Å². The third kappa shape index (κ3) is 3.33. The zero-order chi connectivity index (χ0) is 14.0. The molecule has 0 saturated carbocycles. The number of pyridine rings is 1. The van der Waals surface area contributed by atoms with Crippen LogP contribution in [0.5, 0.6) is 0 Å². The summed E-state index contributed by atoms with van der Waals surface area (Å²) in [6, 6.07) is 5.81. The lowest BCUT2D eigenvalue weighted by Crippen LogP contribution is -2.23. The molecule has 0 aliphatic heterocycles. The van der Waals surface area contributed by atoms with Crippen LogP contribution in [0.25, 0.3) is 0 Å². The number of rotatable bonds is 4. The molecule has 19 heavy (non-hydrogen) atoms. The lowest BCUT2D eigenvalue weighted by molar-refractivity contribution is 0.903. The van der Waals surface area contributed by atoms with Crippen LogP contribution in [0.2, 0.25) is 0 Å². The molecule has 0 saturated heterocycles. The van der Waals surface area contributed by atoms with Crippen LogP contribution in [0.4, 0.5) is 5.82 Å². The first kappa shape index (κ1) is 14.0. The van der Waals surface area contributed by atoms with Crippen molar-refractivity contribution in [3.05, 3.63) is 44.2 Å². The molecular formula is C13H15BrN4S. The number of amidine groups is 1. The van der Waals surface area contributed by atoms with Gasteiger partial charge in [0, 0.05) is 27.5 Å². The van der Waals surface area contributed by atoms with Crippen LogP contribution in [0.1, 0.15) is 16.1 Å². The lowest BCUT2D eigenvalue weighted by Gasteiger charge is -2.20. The number of aromatic nitrogens is 1. The molecule has 0 aliphatic carbocycles. The van der Waals surface area contributed by atoms with E-state index < -0.39 is 0 Å². The van der Waals surface area contributed by atoms with Gasteiger partial charge in [0.1, 0.15) is 11.7 Å². The van der Waals surface area contributed by atoms with Gasteiger partial charge < -0.3 is 10.6 Å². The van der Waals surface area contributed by atoms with Gasteiger partial charge in [0.15, 0.2) is 0 Å². The van der Waals surface area contributed by atoms with E-state index in [0.29, 0.717) is 5.56 Å². The largest absolute Gasteiger partial charge is 0.384 e. The maximum Gasteiger partial charge on any atom is 0.139 e. The zero-order valence-corrected chi connectivity index (χ0v) is 13.2. The molecule has 0 spiro atoms. The maximum atomic E-state index is 7.63. The van der Waals surface area contributed by atoms with Crippen molar-refractivity contribution < 1.29 is 0 Å². The second kappa shape index (κ2) is 5.71. The lowest BCUT2D eigenvalue weighted by atomic mass is 10.2. The number of thiophene rings is 1. The van der Waals surface area contributed by atoms with Crippen molar-refractivity contribution in [1.82, 2.24) is 4.98 Å². The van der Waals surface area contributed by atoms with Crippen molar-refractivity contribution in [1.29, 1.82) is 5.41 Å². The first-order chi connectivity index (χ1) is 8.97. The predicted molar refractivity (Wildman–Crippen MR) is 84.1 cm³/mol. The van der Waals surface area contributed by atoms with Crippen LogP contribution in [-0.2, 0) is 6.54 Å². The monoisotopic (exact) mass is 338 g/mol. The molecule has 3 N–H and O–H groups in total. The molecular weight excluding hydrogens is 324 g/mol. The van der Waals surface area contributed by atoms with Gasteiger partial charge in [-0.3, -0.25) is 5.41 Å². The highest BCUT2D eigenvalue weighted by Crippen LogP contribution is 2.24. The van der Waals surface area contributed by atoms with Gasteiger partial charge in [0.2, 0.25) is 0 Å². The van der Waals surface area contributed by atoms with E-state index in [2.05, 4.69) is 32.4 Å². The van der Waals surface area contributed by atoms with E-state index in [0.717, 1.165) is 22.5 Å². The normalized spacial score (nSPS) is 10.5. The van der Waals surface area contributed by atoms with Crippen LogP contribution in [0.15, 0.2) is 28.1 Å². The number of nitrogens with zero attached hydrogens (tertiary/aromatic N) is 2. The fourth-order valence-corrected chi connectivity index (χ4v) is 3.29. The van der Waals surface area contributed by atoms with Gasteiger partial charge in [-0.2, -0.15) is 0 Å². The molecule has 0 amide bonds. The average molecular weight is 339 g/mol. The van der Waals surface area contributed by atoms with E-state index in [1.165, 1.54) is 4.88 Å². The summed E-state index contributed by atoms with van der Waals surface area (Å²) in [5, 5.41) is 9.68. The Bertz CT molecular complexity index is 608. The molecule has 6 heteroatoms. The molecule has 0 fully saturated rings. The predicted octanol–water partition coefficient (Wildman–Crippen LogP) is 3.13. The van der Waals surface area contributed by atoms with E-state index in [1.54, 1.807) is 11.3 Å². The van der Waals surface area contributed by atoms with Gasteiger partial charge in [0.25, 0.3) is 0 Å². The Balaban J connectivity index is 2.29. The van der Waals surface area contributed by atoms with Gasteiger partial charge in [-0.25, -0.2) is 4.98 Å². The van der Waals surface area contributed by atoms with Crippen LogP contribution in [-0.4, -0.2) is 17.9 Å². The fourth-order valence-electron chi connectivity index (χ4n) is 1.79. The third-order valence-electron chi connectivity index (χ3n) is 2.68. The summed E-state index contributed by atoms with van der Waals surface area (Å²) in [6.45, 7) is 2.68. The molecule has 2 aromatic heterocycles. The SMILES string of the molecule is Cc1ccc(C(=N)N)c(N(C)Cc2cc(Br)cs2)n1. The second-order valence-electron chi connectivity index (χ2n) is 4.32. The quantitative estimate of drug-likeness (QED) is 0.664. The first-order valence-corrected chi connectivity index (χ1v) is 7.40. The summed E-state index contributed by atoms with van der Waals surface area (Å²) in [7, 11) is 1.96. The molecule has 0 radical (unpaired) electrons. The minimum Gasteiger partial charge on any atom is -0.384 e. The summed E-state index contributed by atoms with van der Waals surface area (Å²) in [6.07, 6.45) is 0. The highest BCUT2D eigenvalue weighted by molar-refractivity contribution is 9.10. The van der Waals surface area contributed by atoms with Crippen molar-refractivity contribution >= 4 is 38.9 Å². The number of aryl methyl sites for hydroxylation is 1. The molecule has 2 aromatic rings. The van der Waals surface area contributed by atoms with Crippen molar-refractivity contribution in [3.8, 4) is 0 Å². The van der Waals surface area contributed by atoms with Gasteiger partial charge >= 0.3 is 0 Å². The minimum atomic E-state index is 0.0433. The van der Waals surface area contributed by atoms with Crippen molar-refractivity contribution in [2.45, 2.75) is 13.5 Å². The molecule has 0 aliphatic rings. The highest BCUT2D eigenvalue weighted by atomic mass is 79.9. The smallest absolute Gasteiger partial charge is 0.139 e. The average Bonchev–Trinajstić information content (AvgIpc) is 2.74. The highest BCUT2D eigenvalue weighted by Gasteiger charge is 2.13. The molecule has 2 rings (SSSR count). The zero-order valence-electron chi connectivity index (χ0n) is 10.8. The summed E-state index contributed by atoms with van der Waals surface area (Å²) in [4.78, 5) is 7.74. The summed E-state index contributed by atoms with van der Waals surface area (Å²) in [5.41, 5.74) is 7.20. The Morgan fingerprint density at radius 2 is 2.26 bits per heavy atom. The fraction of sp³-hybridized carbons (Fsp3) is 0.231. The van der Waals surface area contributed by atoms with Crippen molar-refractivity contribution in [3.63, 3.8) is 0 Å². The van der Waals surface area contributed by atoms with Gasteiger partial charge in [0.05, 0.1) is 12.1 Å². The Kier molecular flexibility index (Phi) is 4.21. The van der Waals surface area contributed by atoms with Crippen molar-refractivity contribution in [2.75, 3.05) is 11.9 Å². The molecule has 0 atom stereocenters. The second-order valence-corrected chi connectivity index (χ2v) is 6.24. The van der Waals surface area contributed by atoms with E-state index in [-0.39, 0.29) is 5.84 Å². The third-order valence-corrected chi connectivity index (χ3v) is 4.36. The van der Waals surface area contributed by atoms with Crippen molar-refractivity contribution in [2.24, 2.45) is 5.73 Å². The summed E-state index contributed by atoms with van der Waals surface area (Å²) >= 11 is 5.14. The minimum absolute atomic E-state index is 0.0433. The first-order valence-electron chi connectivity index (χ1n) is 5.73. The van der Waals surface area contributed by atoms with E-state index in [9.17, 15) is 0 Å². The standard InChI is InChI=1S/C13H15BrN4S/c1-8-3-4-11(12(15)16)13(17-8)18(2)6-10-5-9(14)7-19-10/h3-5,7H,6H2,1-2H3,(H3,15,16).